The van der Waals surface area contributed by atoms with Gasteiger partial charge in [0.1, 0.15) is 6.33 Å². The zero-order valence-corrected chi connectivity index (χ0v) is 11.1. The number of hydrogen-bond donors (Lipinski definition) is 0. The second-order valence-electron chi connectivity index (χ2n) is 4.58. The molecule has 0 atom stereocenters. The van der Waals surface area contributed by atoms with Gasteiger partial charge in [-0.25, -0.2) is 4.98 Å². The van der Waals surface area contributed by atoms with E-state index in [1.54, 1.807) is 15.6 Å². The molecule has 0 aliphatic rings. The number of para-hydroxylation sites is 2. The number of benzene rings is 1. The van der Waals surface area contributed by atoms with Gasteiger partial charge in [-0.3, -0.25) is 14.0 Å². The monoisotopic (exact) mass is 254 g/mol. The summed E-state index contributed by atoms with van der Waals surface area (Å²) in [6, 6.07) is 7.59. The standard InChI is InChI=1S/C14H14N4O/c1-9-13(10(2)17(3)16-9)14(19)18-8-15-11-6-4-5-7-12(11)18/h4-8H,1-3H3. The number of aryl methyl sites for hydroxylation is 2. The molecular formula is C14H14N4O. The average molecular weight is 254 g/mol. The normalized spacial score (nSPS) is 11.1. The molecule has 0 saturated heterocycles. The van der Waals surface area contributed by atoms with Gasteiger partial charge in [-0.2, -0.15) is 5.10 Å². The Balaban J connectivity index is 2.19. The minimum atomic E-state index is -0.0863. The van der Waals surface area contributed by atoms with E-state index in [9.17, 15) is 4.79 Å². The molecule has 3 rings (SSSR count). The minimum absolute atomic E-state index is 0.0863. The van der Waals surface area contributed by atoms with E-state index in [1.165, 1.54) is 0 Å². The second-order valence-corrected chi connectivity index (χ2v) is 4.58. The maximum Gasteiger partial charge on any atom is 0.267 e. The summed E-state index contributed by atoms with van der Waals surface area (Å²) in [6.07, 6.45) is 1.57. The first-order valence-electron chi connectivity index (χ1n) is 6.06. The highest BCUT2D eigenvalue weighted by Crippen LogP contribution is 2.18. The number of imidazole rings is 1. The van der Waals surface area contributed by atoms with Crippen LogP contribution in [-0.2, 0) is 7.05 Å². The number of rotatable bonds is 1. The van der Waals surface area contributed by atoms with Gasteiger partial charge in [-0.1, -0.05) is 12.1 Å². The van der Waals surface area contributed by atoms with E-state index in [2.05, 4.69) is 10.1 Å². The number of carbonyl (C=O) groups excluding carboxylic acids is 1. The van der Waals surface area contributed by atoms with E-state index in [0.717, 1.165) is 22.4 Å². The van der Waals surface area contributed by atoms with E-state index in [-0.39, 0.29) is 5.91 Å². The van der Waals surface area contributed by atoms with Crippen LogP contribution in [0.3, 0.4) is 0 Å². The van der Waals surface area contributed by atoms with Crippen molar-refractivity contribution in [2.24, 2.45) is 7.05 Å². The Morgan fingerprint density at radius 1 is 1.21 bits per heavy atom. The summed E-state index contributed by atoms with van der Waals surface area (Å²) in [6.45, 7) is 3.74. The Kier molecular flexibility index (Phi) is 2.48. The summed E-state index contributed by atoms with van der Waals surface area (Å²) in [5.41, 5.74) is 3.87. The highest BCUT2D eigenvalue weighted by Gasteiger charge is 2.20. The molecule has 0 spiro atoms. The van der Waals surface area contributed by atoms with Gasteiger partial charge in [-0.15, -0.1) is 0 Å². The van der Waals surface area contributed by atoms with Gasteiger partial charge in [0.2, 0.25) is 0 Å². The van der Waals surface area contributed by atoms with E-state index >= 15 is 0 Å². The molecule has 0 aliphatic heterocycles. The average Bonchev–Trinajstić information content (AvgIpc) is 2.91. The molecule has 0 aliphatic carbocycles. The maximum absolute atomic E-state index is 12.6. The fourth-order valence-corrected chi connectivity index (χ4v) is 2.32. The van der Waals surface area contributed by atoms with Crippen molar-refractivity contribution < 1.29 is 4.79 Å². The van der Waals surface area contributed by atoms with Crippen LogP contribution in [0.1, 0.15) is 21.7 Å². The number of fused-ring (bicyclic) bond motifs is 1. The topological polar surface area (TPSA) is 52.7 Å². The molecule has 0 saturated carbocycles. The smallest absolute Gasteiger partial charge is 0.267 e. The van der Waals surface area contributed by atoms with Gasteiger partial charge in [0.05, 0.1) is 22.3 Å². The Hall–Kier alpha value is -2.43. The Labute approximate surface area is 110 Å². The molecular weight excluding hydrogens is 240 g/mol. The van der Waals surface area contributed by atoms with Crippen molar-refractivity contribution >= 4 is 16.9 Å². The number of nitrogens with zero attached hydrogens (tertiary/aromatic N) is 4. The largest absolute Gasteiger partial charge is 0.272 e. The molecule has 0 N–H and O–H groups in total. The lowest BCUT2D eigenvalue weighted by Gasteiger charge is -2.03. The van der Waals surface area contributed by atoms with Gasteiger partial charge in [-0.05, 0) is 26.0 Å². The predicted octanol–water partition coefficient (Wildman–Crippen LogP) is 2.08. The summed E-state index contributed by atoms with van der Waals surface area (Å²) in [5.74, 6) is -0.0863. The van der Waals surface area contributed by atoms with Crippen LogP contribution in [-0.4, -0.2) is 25.2 Å². The molecule has 0 amide bonds. The quantitative estimate of drug-likeness (QED) is 0.668. The summed E-state index contributed by atoms with van der Waals surface area (Å²) in [7, 11) is 1.84. The fourth-order valence-electron chi connectivity index (χ4n) is 2.32. The molecule has 0 fully saturated rings. The van der Waals surface area contributed by atoms with Crippen molar-refractivity contribution in [1.29, 1.82) is 0 Å². The number of aromatic nitrogens is 4. The number of carbonyl (C=O) groups is 1. The fraction of sp³-hybridized carbons (Fsp3) is 0.214. The van der Waals surface area contributed by atoms with Crippen LogP contribution in [0, 0.1) is 13.8 Å². The molecule has 0 bridgehead atoms. The third-order valence-electron chi connectivity index (χ3n) is 3.40. The van der Waals surface area contributed by atoms with Crippen molar-refractivity contribution in [2.45, 2.75) is 13.8 Å². The van der Waals surface area contributed by atoms with E-state index in [0.29, 0.717) is 5.56 Å². The summed E-state index contributed by atoms with van der Waals surface area (Å²) in [4.78, 5) is 16.9. The Bertz CT molecular complexity index is 782. The molecule has 5 nitrogen and oxygen atoms in total. The minimum Gasteiger partial charge on any atom is -0.272 e. The van der Waals surface area contributed by atoms with Crippen molar-refractivity contribution in [3.8, 4) is 0 Å². The molecule has 0 unspecified atom stereocenters. The summed E-state index contributed by atoms with van der Waals surface area (Å²) < 4.78 is 3.30. The lowest BCUT2D eigenvalue weighted by atomic mass is 10.2. The first-order chi connectivity index (χ1) is 9.09. The lowest BCUT2D eigenvalue weighted by Crippen LogP contribution is -2.13. The Morgan fingerprint density at radius 3 is 2.63 bits per heavy atom. The van der Waals surface area contributed by atoms with Crippen LogP contribution in [0.5, 0.6) is 0 Å². The van der Waals surface area contributed by atoms with E-state index < -0.39 is 0 Å². The van der Waals surface area contributed by atoms with Crippen molar-refractivity contribution in [1.82, 2.24) is 19.3 Å². The first-order valence-corrected chi connectivity index (χ1v) is 6.06. The first kappa shape index (κ1) is 11.6. The van der Waals surface area contributed by atoms with E-state index in [1.807, 2.05) is 45.2 Å². The summed E-state index contributed by atoms with van der Waals surface area (Å²) in [5, 5.41) is 4.28. The molecule has 19 heavy (non-hydrogen) atoms. The van der Waals surface area contributed by atoms with Gasteiger partial charge >= 0.3 is 0 Å². The van der Waals surface area contributed by atoms with Gasteiger partial charge < -0.3 is 0 Å². The molecule has 1 aromatic carbocycles. The highest BCUT2D eigenvalue weighted by atomic mass is 16.2. The third-order valence-corrected chi connectivity index (χ3v) is 3.40. The molecule has 2 heterocycles. The number of hydrogen-bond acceptors (Lipinski definition) is 3. The van der Waals surface area contributed by atoms with Crippen LogP contribution in [0.25, 0.3) is 11.0 Å². The molecule has 96 valence electrons. The van der Waals surface area contributed by atoms with Gasteiger partial charge in [0, 0.05) is 12.7 Å². The zero-order chi connectivity index (χ0) is 13.6. The highest BCUT2D eigenvalue weighted by molar-refractivity contribution is 6.02. The zero-order valence-electron chi connectivity index (χ0n) is 11.1. The van der Waals surface area contributed by atoms with Crippen LogP contribution in [0.2, 0.25) is 0 Å². The van der Waals surface area contributed by atoms with Crippen molar-refractivity contribution in [3.63, 3.8) is 0 Å². The molecule has 2 aromatic heterocycles. The van der Waals surface area contributed by atoms with Gasteiger partial charge in [0.25, 0.3) is 5.91 Å². The molecule has 5 heteroatoms. The van der Waals surface area contributed by atoms with Crippen LogP contribution in [0.4, 0.5) is 0 Å². The lowest BCUT2D eigenvalue weighted by molar-refractivity contribution is 0.0963. The molecule has 0 radical (unpaired) electrons. The molecule has 3 aromatic rings. The SMILES string of the molecule is Cc1nn(C)c(C)c1C(=O)n1cnc2ccccc21. The van der Waals surface area contributed by atoms with Crippen molar-refractivity contribution in [3.05, 3.63) is 47.5 Å². The van der Waals surface area contributed by atoms with Crippen molar-refractivity contribution in [2.75, 3.05) is 0 Å². The Morgan fingerprint density at radius 2 is 1.95 bits per heavy atom. The van der Waals surface area contributed by atoms with Crippen LogP contribution >= 0.6 is 0 Å². The van der Waals surface area contributed by atoms with Crippen LogP contribution in [0.15, 0.2) is 30.6 Å². The van der Waals surface area contributed by atoms with Gasteiger partial charge in [0.15, 0.2) is 0 Å². The van der Waals surface area contributed by atoms with Crippen LogP contribution < -0.4 is 0 Å². The summed E-state index contributed by atoms with van der Waals surface area (Å²) >= 11 is 0. The second kappa shape index (κ2) is 4.05. The third kappa shape index (κ3) is 1.66. The predicted molar refractivity (Wildman–Crippen MR) is 72.1 cm³/mol. The maximum atomic E-state index is 12.6. The van der Waals surface area contributed by atoms with E-state index in [4.69, 9.17) is 0 Å².